The molecule has 1 aliphatic rings. The van der Waals surface area contributed by atoms with Gasteiger partial charge in [0.25, 0.3) is 0 Å². The van der Waals surface area contributed by atoms with E-state index in [1.807, 2.05) is 12.1 Å². The SMILES string of the molecule is CN(Cc1cccc(C(=O)O)c1)CC1CCCC1. The lowest BCUT2D eigenvalue weighted by atomic mass is 10.1. The number of nitrogens with zero attached hydrogens (tertiary/aromatic N) is 1. The van der Waals surface area contributed by atoms with Gasteiger partial charge >= 0.3 is 5.97 Å². The summed E-state index contributed by atoms with van der Waals surface area (Å²) in [4.78, 5) is 13.2. The highest BCUT2D eigenvalue weighted by Crippen LogP contribution is 2.25. The highest BCUT2D eigenvalue weighted by atomic mass is 16.4. The van der Waals surface area contributed by atoms with Gasteiger partial charge in [0.15, 0.2) is 0 Å². The van der Waals surface area contributed by atoms with Crippen LogP contribution in [0.15, 0.2) is 24.3 Å². The first-order valence-electron chi connectivity index (χ1n) is 6.66. The first-order chi connectivity index (χ1) is 8.65. The van der Waals surface area contributed by atoms with E-state index in [4.69, 9.17) is 5.11 Å². The maximum Gasteiger partial charge on any atom is 0.335 e. The molecule has 98 valence electrons. The van der Waals surface area contributed by atoms with Crippen molar-refractivity contribution < 1.29 is 9.90 Å². The van der Waals surface area contributed by atoms with Crippen LogP contribution in [0.25, 0.3) is 0 Å². The number of aromatic carboxylic acids is 1. The molecule has 0 bridgehead atoms. The van der Waals surface area contributed by atoms with Gasteiger partial charge in [-0.25, -0.2) is 4.79 Å². The standard InChI is InChI=1S/C15H21NO2/c1-16(10-12-5-2-3-6-12)11-13-7-4-8-14(9-13)15(17)18/h4,7-9,12H,2-3,5-6,10-11H2,1H3,(H,17,18). The number of carbonyl (C=O) groups is 1. The Bertz CT molecular complexity index is 411. The summed E-state index contributed by atoms with van der Waals surface area (Å²) < 4.78 is 0. The highest BCUT2D eigenvalue weighted by molar-refractivity contribution is 5.87. The summed E-state index contributed by atoms with van der Waals surface area (Å²) in [5.74, 6) is -0.0204. The third-order valence-electron chi connectivity index (χ3n) is 3.67. The van der Waals surface area contributed by atoms with Gasteiger partial charge in [-0.05, 0) is 43.5 Å². The van der Waals surface area contributed by atoms with E-state index >= 15 is 0 Å². The lowest BCUT2D eigenvalue weighted by Gasteiger charge is -2.20. The van der Waals surface area contributed by atoms with Crippen molar-refractivity contribution in [1.82, 2.24) is 4.90 Å². The Morgan fingerprint density at radius 3 is 2.78 bits per heavy atom. The van der Waals surface area contributed by atoms with Crippen molar-refractivity contribution in [3.05, 3.63) is 35.4 Å². The molecule has 1 saturated carbocycles. The summed E-state index contributed by atoms with van der Waals surface area (Å²) in [5, 5.41) is 8.96. The van der Waals surface area contributed by atoms with Crippen LogP contribution in [0.4, 0.5) is 0 Å². The van der Waals surface area contributed by atoms with Gasteiger partial charge in [-0.1, -0.05) is 25.0 Å². The molecule has 1 aliphatic carbocycles. The third kappa shape index (κ3) is 3.57. The predicted molar refractivity (Wildman–Crippen MR) is 71.7 cm³/mol. The molecule has 2 rings (SSSR count). The molecule has 1 N–H and O–H groups in total. The van der Waals surface area contributed by atoms with Gasteiger partial charge in [-0.15, -0.1) is 0 Å². The molecule has 3 heteroatoms. The Kier molecular flexibility index (Phi) is 4.37. The number of carboxylic acid groups (broad SMARTS) is 1. The Labute approximate surface area is 108 Å². The minimum atomic E-state index is -0.852. The van der Waals surface area contributed by atoms with Gasteiger partial charge in [0, 0.05) is 13.1 Å². The van der Waals surface area contributed by atoms with Gasteiger partial charge in [0.05, 0.1) is 5.56 Å². The van der Waals surface area contributed by atoms with E-state index in [0.717, 1.165) is 24.6 Å². The zero-order valence-electron chi connectivity index (χ0n) is 10.9. The lowest BCUT2D eigenvalue weighted by Crippen LogP contribution is -2.24. The lowest BCUT2D eigenvalue weighted by molar-refractivity contribution is 0.0696. The van der Waals surface area contributed by atoms with Crippen molar-refractivity contribution in [2.45, 2.75) is 32.2 Å². The quantitative estimate of drug-likeness (QED) is 0.869. The van der Waals surface area contributed by atoms with Gasteiger partial charge in [-0.2, -0.15) is 0 Å². The molecule has 3 nitrogen and oxygen atoms in total. The van der Waals surface area contributed by atoms with E-state index in [-0.39, 0.29) is 0 Å². The molecule has 1 aromatic carbocycles. The highest BCUT2D eigenvalue weighted by Gasteiger charge is 2.16. The van der Waals surface area contributed by atoms with E-state index in [1.54, 1.807) is 12.1 Å². The molecule has 0 amide bonds. The Morgan fingerprint density at radius 1 is 1.39 bits per heavy atom. The number of hydrogen-bond acceptors (Lipinski definition) is 2. The van der Waals surface area contributed by atoms with Crippen LogP contribution in [-0.2, 0) is 6.54 Å². The van der Waals surface area contributed by atoms with Crippen LogP contribution in [0, 0.1) is 5.92 Å². The van der Waals surface area contributed by atoms with Crippen LogP contribution >= 0.6 is 0 Å². The summed E-state index contributed by atoms with van der Waals surface area (Å²) in [7, 11) is 2.12. The molecule has 0 aromatic heterocycles. The van der Waals surface area contributed by atoms with E-state index in [9.17, 15) is 4.79 Å². The van der Waals surface area contributed by atoms with Crippen molar-refractivity contribution in [3.63, 3.8) is 0 Å². The fourth-order valence-electron chi connectivity index (χ4n) is 2.81. The fraction of sp³-hybridized carbons (Fsp3) is 0.533. The number of rotatable bonds is 5. The molecule has 0 heterocycles. The predicted octanol–water partition coefficient (Wildman–Crippen LogP) is 3.01. The Morgan fingerprint density at radius 2 is 2.11 bits per heavy atom. The van der Waals surface area contributed by atoms with Crippen LogP contribution in [0.1, 0.15) is 41.6 Å². The number of benzene rings is 1. The Balaban J connectivity index is 1.91. The van der Waals surface area contributed by atoms with Crippen molar-refractivity contribution in [2.75, 3.05) is 13.6 Å². The van der Waals surface area contributed by atoms with Crippen LogP contribution < -0.4 is 0 Å². The molecule has 1 aromatic rings. The van der Waals surface area contributed by atoms with E-state index in [1.165, 1.54) is 25.7 Å². The van der Waals surface area contributed by atoms with Crippen molar-refractivity contribution in [3.8, 4) is 0 Å². The van der Waals surface area contributed by atoms with Crippen molar-refractivity contribution >= 4 is 5.97 Å². The molecule has 1 fully saturated rings. The summed E-state index contributed by atoms with van der Waals surface area (Å²) >= 11 is 0. The summed E-state index contributed by atoms with van der Waals surface area (Å²) in [6, 6.07) is 7.23. The smallest absolute Gasteiger partial charge is 0.335 e. The zero-order chi connectivity index (χ0) is 13.0. The van der Waals surface area contributed by atoms with E-state index in [2.05, 4.69) is 11.9 Å². The zero-order valence-corrected chi connectivity index (χ0v) is 10.9. The van der Waals surface area contributed by atoms with Crippen LogP contribution in [-0.4, -0.2) is 29.6 Å². The van der Waals surface area contributed by atoms with Crippen molar-refractivity contribution in [1.29, 1.82) is 0 Å². The van der Waals surface area contributed by atoms with Gasteiger partial charge in [-0.3, -0.25) is 0 Å². The average Bonchev–Trinajstić information content (AvgIpc) is 2.82. The molecular formula is C15H21NO2. The third-order valence-corrected chi connectivity index (χ3v) is 3.67. The van der Waals surface area contributed by atoms with Crippen LogP contribution in [0.5, 0.6) is 0 Å². The normalized spacial score (nSPS) is 16.3. The monoisotopic (exact) mass is 247 g/mol. The summed E-state index contributed by atoms with van der Waals surface area (Å²) in [6.07, 6.45) is 5.43. The molecule has 0 radical (unpaired) electrons. The van der Waals surface area contributed by atoms with Crippen molar-refractivity contribution in [2.24, 2.45) is 5.92 Å². The minimum absolute atomic E-state index is 0.377. The first-order valence-corrected chi connectivity index (χ1v) is 6.66. The topological polar surface area (TPSA) is 40.5 Å². The maximum atomic E-state index is 10.9. The molecule has 18 heavy (non-hydrogen) atoms. The molecule has 0 atom stereocenters. The Hall–Kier alpha value is -1.35. The second-order valence-electron chi connectivity index (χ2n) is 5.35. The van der Waals surface area contributed by atoms with Gasteiger partial charge in [0.1, 0.15) is 0 Å². The number of carboxylic acids is 1. The van der Waals surface area contributed by atoms with Crippen LogP contribution in [0.3, 0.4) is 0 Å². The largest absolute Gasteiger partial charge is 0.478 e. The number of hydrogen-bond donors (Lipinski definition) is 1. The second-order valence-corrected chi connectivity index (χ2v) is 5.35. The summed E-state index contributed by atoms with van der Waals surface area (Å²) in [5.41, 5.74) is 1.46. The average molecular weight is 247 g/mol. The molecule has 0 unspecified atom stereocenters. The van der Waals surface area contributed by atoms with E-state index in [0.29, 0.717) is 5.56 Å². The maximum absolute atomic E-state index is 10.9. The van der Waals surface area contributed by atoms with Crippen LogP contribution in [0.2, 0.25) is 0 Å². The van der Waals surface area contributed by atoms with E-state index < -0.39 is 5.97 Å². The second kappa shape index (κ2) is 6.01. The molecule has 0 aliphatic heterocycles. The minimum Gasteiger partial charge on any atom is -0.478 e. The summed E-state index contributed by atoms with van der Waals surface area (Å²) in [6.45, 7) is 1.95. The molecule has 0 saturated heterocycles. The fourth-order valence-corrected chi connectivity index (χ4v) is 2.81. The van der Waals surface area contributed by atoms with Gasteiger partial charge < -0.3 is 10.0 Å². The molecule has 0 spiro atoms. The van der Waals surface area contributed by atoms with Gasteiger partial charge in [0.2, 0.25) is 0 Å². The molecular weight excluding hydrogens is 226 g/mol. The first kappa shape index (κ1) is 13.1.